The van der Waals surface area contributed by atoms with Crippen molar-refractivity contribution in [2.45, 2.75) is 19.4 Å². The molecule has 0 spiro atoms. The normalized spacial score (nSPS) is 11.7. The molecule has 0 fully saturated rings. The number of nitrogens with zero attached hydrogens (tertiary/aromatic N) is 1. The molecule has 3 rings (SSSR count). The van der Waals surface area contributed by atoms with Crippen LogP contribution in [0, 0.1) is 18.6 Å². The van der Waals surface area contributed by atoms with E-state index < -0.39 is 29.6 Å². The second-order valence-corrected chi connectivity index (χ2v) is 6.57. The van der Waals surface area contributed by atoms with Gasteiger partial charge < -0.3 is 10.4 Å². The highest BCUT2D eigenvalue weighted by Gasteiger charge is 2.21. The molecule has 0 aliphatic heterocycles. The first kappa shape index (κ1) is 20.1. The number of halogens is 2. The van der Waals surface area contributed by atoms with Crippen LogP contribution in [0.3, 0.4) is 0 Å². The van der Waals surface area contributed by atoms with Gasteiger partial charge in [0.15, 0.2) is 0 Å². The molecular formula is C22H18F2N2O3. The fourth-order valence-corrected chi connectivity index (χ4v) is 3.07. The summed E-state index contributed by atoms with van der Waals surface area (Å²) in [4.78, 5) is 28.0. The molecule has 1 aromatic heterocycles. The van der Waals surface area contributed by atoms with Gasteiger partial charge in [0.2, 0.25) is 0 Å². The van der Waals surface area contributed by atoms with E-state index in [4.69, 9.17) is 0 Å². The summed E-state index contributed by atoms with van der Waals surface area (Å²) in [5.74, 6) is -3.08. The van der Waals surface area contributed by atoms with Gasteiger partial charge in [-0.05, 0) is 36.2 Å². The van der Waals surface area contributed by atoms with Crippen molar-refractivity contribution in [2.24, 2.45) is 0 Å². The smallest absolute Gasteiger partial charge is 0.305 e. The van der Waals surface area contributed by atoms with Gasteiger partial charge in [-0.2, -0.15) is 0 Å². The van der Waals surface area contributed by atoms with E-state index in [9.17, 15) is 23.5 Å². The zero-order valence-corrected chi connectivity index (χ0v) is 15.5. The molecule has 0 aliphatic carbocycles. The molecule has 0 unspecified atom stereocenters. The average Bonchev–Trinajstić information content (AvgIpc) is 2.67. The number of amides is 1. The van der Waals surface area contributed by atoms with E-state index in [0.717, 1.165) is 17.7 Å². The molecule has 0 saturated carbocycles. The van der Waals surface area contributed by atoms with E-state index in [1.54, 1.807) is 12.1 Å². The van der Waals surface area contributed by atoms with E-state index in [1.165, 1.54) is 24.5 Å². The molecule has 7 heteroatoms. The predicted octanol–water partition coefficient (Wildman–Crippen LogP) is 4.28. The summed E-state index contributed by atoms with van der Waals surface area (Å²) >= 11 is 0. The summed E-state index contributed by atoms with van der Waals surface area (Å²) in [6.45, 7) is 1.83. The number of aliphatic carboxylic acids is 1. The van der Waals surface area contributed by atoms with Crippen molar-refractivity contribution < 1.29 is 23.5 Å². The summed E-state index contributed by atoms with van der Waals surface area (Å²) in [6.07, 6.45) is 2.37. The van der Waals surface area contributed by atoms with Crippen LogP contribution in [-0.4, -0.2) is 22.0 Å². The number of hydrogen-bond donors (Lipinski definition) is 2. The molecule has 2 N–H and O–H groups in total. The summed E-state index contributed by atoms with van der Waals surface area (Å²) in [7, 11) is 0. The lowest BCUT2D eigenvalue weighted by molar-refractivity contribution is -0.137. The van der Waals surface area contributed by atoms with Gasteiger partial charge in [-0.25, -0.2) is 8.78 Å². The first-order chi connectivity index (χ1) is 13.8. The molecule has 1 heterocycles. The number of nitrogens with one attached hydrogen (secondary N) is 1. The summed E-state index contributed by atoms with van der Waals surface area (Å²) < 4.78 is 27.2. The third-order valence-electron chi connectivity index (χ3n) is 4.49. The molecule has 0 saturated heterocycles. The number of carboxylic acid groups (broad SMARTS) is 1. The number of aromatic nitrogens is 1. The highest BCUT2D eigenvalue weighted by atomic mass is 19.1. The van der Waals surface area contributed by atoms with Crippen LogP contribution in [0.25, 0.3) is 11.1 Å². The summed E-state index contributed by atoms with van der Waals surface area (Å²) in [5.41, 5.74) is 2.09. The molecular weight excluding hydrogens is 378 g/mol. The SMILES string of the molecule is Cc1ccccc1[C@H](CC(=O)O)NC(=O)c1cncc(-c2ccc(F)cc2F)c1. The highest BCUT2D eigenvalue weighted by Crippen LogP contribution is 2.25. The molecule has 1 atom stereocenters. The van der Waals surface area contributed by atoms with Crippen LogP contribution >= 0.6 is 0 Å². The lowest BCUT2D eigenvalue weighted by Crippen LogP contribution is -2.30. The first-order valence-electron chi connectivity index (χ1n) is 8.84. The number of carboxylic acids is 1. The van der Waals surface area contributed by atoms with Gasteiger partial charge in [0.25, 0.3) is 5.91 Å². The number of aryl methyl sites for hydroxylation is 1. The Kier molecular flexibility index (Phi) is 5.97. The van der Waals surface area contributed by atoms with Crippen molar-refractivity contribution in [1.29, 1.82) is 0 Å². The predicted molar refractivity (Wildman–Crippen MR) is 103 cm³/mol. The Morgan fingerprint density at radius 2 is 1.86 bits per heavy atom. The summed E-state index contributed by atoms with van der Waals surface area (Å²) in [6, 6.07) is 11.0. The van der Waals surface area contributed by atoms with Crippen LogP contribution in [-0.2, 0) is 4.79 Å². The Hall–Kier alpha value is -3.61. The number of carbonyl (C=O) groups is 2. The van der Waals surface area contributed by atoms with Crippen LogP contribution in [0.15, 0.2) is 60.9 Å². The molecule has 3 aromatic rings. The Morgan fingerprint density at radius 1 is 1.10 bits per heavy atom. The van der Waals surface area contributed by atoms with Gasteiger partial charge in [0.05, 0.1) is 18.0 Å². The Labute approximate surface area is 166 Å². The van der Waals surface area contributed by atoms with Crippen molar-refractivity contribution in [2.75, 3.05) is 0 Å². The third kappa shape index (κ3) is 4.82. The lowest BCUT2D eigenvalue weighted by Gasteiger charge is -2.19. The van der Waals surface area contributed by atoms with Gasteiger partial charge >= 0.3 is 5.97 Å². The Bertz CT molecular complexity index is 1070. The van der Waals surface area contributed by atoms with Crippen LogP contribution in [0.1, 0.15) is 33.9 Å². The zero-order valence-electron chi connectivity index (χ0n) is 15.5. The van der Waals surface area contributed by atoms with Crippen LogP contribution in [0.4, 0.5) is 8.78 Å². The fraction of sp³-hybridized carbons (Fsp3) is 0.136. The minimum Gasteiger partial charge on any atom is -0.481 e. The van der Waals surface area contributed by atoms with Crippen molar-refractivity contribution in [3.8, 4) is 11.1 Å². The largest absolute Gasteiger partial charge is 0.481 e. The molecule has 0 aliphatic rings. The average molecular weight is 396 g/mol. The maximum absolute atomic E-state index is 14.1. The maximum atomic E-state index is 14.1. The maximum Gasteiger partial charge on any atom is 0.305 e. The van der Waals surface area contributed by atoms with Crippen LogP contribution in [0.5, 0.6) is 0 Å². The first-order valence-corrected chi connectivity index (χ1v) is 8.84. The van der Waals surface area contributed by atoms with Gasteiger partial charge in [-0.15, -0.1) is 0 Å². The lowest BCUT2D eigenvalue weighted by atomic mass is 9.98. The van der Waals surface area contributed by atoms with E-state index in [0.29, 0.717) is 11.1 Å². The molecule has 1 amide bonds. The monoisotopic (exact) mass is 396 g/mol. The molecule has 2 aromatic carbocycles. The Morgan fingerprint density at radius 3 is 2.55 bits per heavy atom. The number of benzene rings is 2. The summed E-state index contributed by atoms with van der Waals surface area (Å²) in [5, 5.41) is 11.9. The second-order valence-electron chi connectivity index (χ2n) is 6.57. The molecule has 148 valence electrons. The van der Waals surface area contributed by atoms with Gasteiger partial charge in [-0.1, -0.05) is 24.3 Å². The van der Waals surface area contributed by atoms with E-state index >= 15 is 0 Å². The topological polar surface area (TPSA) is 79.3 Å². The minimum atomic E-state index is -1.06. The standard InChI is InChI=1S/C22H18F2N2O3/c1-13-4-2-3-5-17(13)20(10-21(27)28)26-22(29)15-8-14(11-25-12-15)18-7-6-16(23)9-19(18)24/h2-9,11-12,20H,10H2,1H3,(H,26,29)(H,27,28)/t20-/m0/s1. The van der Waals surface area contributed by atoms with E-state index in [-0.39, 0.29) is 17.5 Å². The second kappa shape index (κ2) is 8.60. The highest BCUT2D eigenvalue weighted by molar-refractivity contribution is 5.95. The third-order valence-corrected chi connectivity index (χ3v) is 4.49. The van der Waals surface area contributed by atoms with Crippen LogP contribution in [0.2, 0.25) is 0 Å². The molecule has 0 radical (unpaired) electrons. The quantitative estimate of drug-likeness (QED) is 0.652. The van der Waals surface area contributed by atoms with Gasteiger partial charge in [-0.3, -0.25) is 14.6 Å². The minimum absolute atomic E-state index is 0.106. The van der Waals surface area contributed by atoms with Gasteiger partial charge in [0, 0.05) is 29.6 Å². The molecule has 0 bridgehead atoms. The molecule has 29 heavy (non-hydrogen) atoms. The van der Waals surface area contributed by atoms with Gasteiger partial charge in [0.1, 0.15) is 11.6 Å². The molecule has 5 nitrogen and oxygen atoms in total. The Balaban J connectivity index is 1.89. The van der Waals surface area contributed by atoms with E-state index in [1.807, 2.05) is 19.1 Å². The zero-order chi connectivity index (χ0) is 21.0. The number of carbonyl (C=O) groups excluding carboxylic acids is 1. The van der Waals surface area contributed by atoms with Crippen molar-refractivity contribution in [3.05, 3.63) is 89.2 Å². The number of hydrogen-bond acceptors (Lipinski definition) is 3. The van der Waals surface area contributed by atoms with Crippen molar-refractivity contribution in [3.63, 3.8) is 0 Å². The number of pyridine rings is 1. The van der Waals surface area contributed by atoms with E-state index in [2.05, 4.69) is 10.3 Å². The fourth-order valence-electron chi connectivity index (χ4n) is 3.07. The van der Waals surface area contributed by atoms with Crippen molar-refractivity contribution in [1.82, 2.24) is 10.3 Å². The number of rotatable bonds is 6. The van der Waals surface area contributed by atoms with Crippen LogP contribution < -0.4 is 5.32 Å². The van der Waals surface area contributed by atoms with Crippen molar-refractivity contribution >= 4 is 11.9 Å².